The third-order valence-corrected chi connectivity index (χ3v) is 2.64. The molecule has 0 atom stereocenters. The second-order valence-electron chi connectivity index (χ2n) is 5.55. The van der Waals surface area contributed by atoms with E-state index in [0.717, 1.165) is 5.92 Å². The van der Waals surface area contributed by atoms with Crippen LogP contribution < -0.4 is 5.73 Å². The number of nitrogens with two attached hydrogens (primary N) is 1. The molecule has 0 spiro atoms. The van der Waals surface area contributed by atoms with Crippen molar-refractivity contribution in [3.8, 4) is 0 Å². The van der Waals surface area contributed by atoms with Crippen molar-refractivity contribution >= 4 is 6.47 Å². The third-order valence-electron chi connectivity index (χ3n) is 2.64. The second kappa shape index (κ2) is 6.55. The van der Waals surface area contributed by atoms with Crippen LogP contribution in [0.1, 0.15) is 50.7 Å². The summed E-state index contributed by atoms with van der Waals surface area (Å²) in [6.07, 6.45) is 2.74. The van der Waals surface area contributed by atoms with Crippen molar-refractivity contribution < 1.29 is 9.53 Å². The molecule has 0 aromatic heterocycles. The predicted molar refractivity (Wildman–Crippen MR) is 73.2 cm³/mol. The van der Waals surface area contributed by atoms with Gasteiger partial charge >= 0.3 is 0 Å². The van der Waals surface area contributed by atoms with E-state index >= 15 is 0 Å². The molecule has 1 aromatic carbocycles. The summed E-state index contributed by atoms with van der Waals surface area (Å²) in [5, 5.41) is 0. The van der Waals surface area contributed by atoms with Crippen LogP contribution in [0.4, 0.5) is 0 Å². The number of hydrogen-bond donors (Lipinski definition) is 1. The fraction of sp³-hybridized carbons (Fsp3) is 0.533. The Balaban J connectivity index is 0.000000203. The summed E-state index contributed by atoms with van der Waals surface area (Å²) in [5.41, 5.74) is 7.96. The zero-order valence-corrected chi connectivity index (χ0v) is 11.5. The van der Waals surface area contributed by atoms with Gasteiger partial charge in [-0.25, -0.2) is 0 Å². The van der Waals surface area contributed by atoms with Crippen LogP contribution in [0.25, 0.3) is 0 Å². The van der Waals surface area contributed by atoms with Crippen molar-refractivity contribution in [2.45, 2.75) is 51.7 Å². The molecule has 0 amide bonds. The Morgan fingerprint density at radius 3 is 2.44 bits per heavy atom. The number of carbonyl (C=O) groups is 1. The maximum absolute atomic E-state index is 9.60. The number of benzene rings is 1. The van der Waals surface area contributed by atoms with Crippen LogP contribution in [-0.4, -0.2) is 12.1 Å². The molecule has 100 valence electrons. The highest BCUT2D eigenvalue weighted by Crippen LogP contribution is 2.40. The van der Waals surface area contributed by atoms with Gasteiger partial charge in [-0.15, -0.1) is 0 Å². The number of carbonyl (C=O) groups excluding carboxylic acids is 1. The van der Waals surface area contributed by atoms with Crippen molar-refractivity contribution in [1.29, 1.82) is 0 Å². The van der Waals surface area contributed by atoms with E-state index in [4.69, 9.17) is 5.73 Å². The molecule has 3 heteroatoms. The van der Waals surface area contributed by atoms with E-state index in [-0.39, 0.29) is 5.60 Å². The Bertz CT molecular complexity index is 378. The molecule has 0 bridgehead atoms. The average Bonchev–Trinajstić information content (AvgIpc) is 3.12. The first-order valence-corrected chi connectivity index (χ1v) is 6.36. The molecule has 18 heavy (non-hydrogen) atoms. The van der Waals surface area contributed by atoms with Crippen LogP contribution in [0, 0.1) is 0 Å². The number of hydrogen-bond acceptors (Lipinski definition) is 3. The van der Waals surface area contributed by atoms with Crippen LogP contribution in [0.15, 0.2) is 24.3 Å². The van der Waals surface area contributed by atoms with E-state index in [1.807, 2.05) is 20.8 Å². The highest BCUT2D eigenvalue weighted by Gasteiger charge is 2.22. The summed E-state index contributed by atoms with van der Waals surface area (Å²) < 4.78 is 4.55. The molecule has 0 heterocycles. The number of rotatable bonds is 3. The summed E-state index contributed by atoms with van der Waals surface area (Å²) in [6.45, 7) is 6.59. The first-order valence-electron chi connectivity index (χ1n) is 6.36. The third kappa shape index (κ3) is 5.82. The molecule has 1 aliphatic rings. The minimum atomic E-state index is -0.318. The highest BCUT2D eigenvalue weighted by atomic mass is 16.5. The molecular weight excluding hydrogens is 226 g/mol. The molecule has 0 unspecified atom stereocenters. The Morgan fingerprint density at radius 1 is 1.39 bits per heavy atom. The smallest absolute Gasteiger partial charge is 0.293 e. The van der Waals surface area contributed by atoms with E-state index in [9.17, 15) is 4.79 Å². The molecule has 1 saturated carbocycles. The quantitative estimate of drug-likeness (QED) is 0.838. The van der Waals surface area contributed by atoms with E-state index in [0.29, 0.717) is 13.0 Å². The lowest BCUT2D eigenvalue weighted by molar-refractivity contribution is -0.138. The van der Waals surface area contributed by atoms with E-state index in [1.165, 1.54) is 24.0 Å². The van der Waals surface area contributed by atoms with Crippen LogP contribution in [0.3, 0.4) is 0 Å². The van der Waals surface area contributed by atoms with Crippen LogP contribution in [0.2, 0.25) is 0 Å². The van der Waals surface area contributed by atoms with Gasteiger partial charge in [0.25, 0.3) is 6.47 Å². The van der Waals surface area contributed by atoms with Crippen molar-refractivity contribution in [1.82, 2.24) is 0 Å². The average molecular weight is 249 g/mol. The van der Waals surface area contributed by atoms with Crippen molar-refractivity contribution in [3.63, 3.8) is 0 Å². The molecule has 1 fully saturated rings. The van der Waals surface area contributed by atoms with Gasteiger partial charge in [-0.3, -0.25) is 4.79 Å². The van der Waals surface area contributed by atoms with Gasteiger partial charge in [0.1, 0.15) is 5.60 Å². The van der Waals surface area contributed by atoms with E-state index in [1.54, 1.807) is 0 Å². The van der Waals surface area contributed by atoms with Gasteiger partial charge in [0.05, 0.1) is 0 Å². The fourth-order valence-corrected chi connectivity index (χ4v) is 1.54. The van der Waals surface area contributed by atoms with E-state index < -0.39 is 0 Å². The maximum Gasteiger partial charge on any atom is 0.293 e. The van der Waals surface area contributed by atoms with Gasteiger partial charge in [0.2, 0.25) is 0 Å². The second-order valence-corrected chi connectivity index (χ2v) is 5.55. The lowest BCUT2D eigenvalue weighted by Crippen LogP contribution is -2.17. The molecule has 2 N–H and O–H groups in total. The Labute approximate surface area is 109 Å². The van der Waals surface area contributed by atoms with Crippen LogP contribution in [0.5, 0.6) is 0 Å². The van der Waals surface area contributed by atoms with E-state index in [2.05, 4.69) is 29.0 Å². The largest absolute Gasteiger partial charge is 0.462 e. The topological polar surface area (TPSA) is 52.3 Å². The van der Waals surface area contributed by atoms with Crippen molar-refractivity contribution in [2.75, 3.05) is 0 Å². The Hall–Kier alpha value is -1.35. The van der Waals surface area contributed by atoms with Gasteiger partial charge in [0, 0.05) is 6.54 Å². The summed E-state index contributed by atoms with van der Waals surface area (Å²) in [7, 11) is 0. The monoisotopic (exact) mass is 249 g/mol. The fourth-order valence-electron chi connectivity index (χ4n) is 1.54. The molecule has 0 radical (unpaired) electrons. The van der Waals surface area contributed by atoms with Gasteiger partial charge < -0.3 is 10.5 Å². The van der Waals surface area contributed by atoms with Gasteiger partial charge in [-0.05, 0) is 50.7 Å². The molecule has 1 aromatic rings. The van der Waals surface area contributed by atoms with Gasteiger partial charge in [0.15, 0.2) is 0 Å². The van der Waals surface area contributed by atoms with Gasteiger partial charge in [-0.1, -0.05) is 24.3 Å². The molecule has 0 aliphatic heterocycles. The predicted octanol–water partition coefficient (Wildman–Crippen LogP) is 2.98. The summed E-state index contributed by atoms with van der Waals surface area (Å²) in [5.74, 6) is 0.849. The lowest BCUT2D eigenvalue weighted by Gasteiger charge is -2.14. The minimum Gasteiger partial charge on any atom is -0.462 e. The molecular formula is C15H23NO2. The Kier molecular flexibility index (Phi) is 5.35. The first-order chi connectivity index (χ1) is 8.46. The molecule has 2 rings (SSSR count). The molecule has 3 nitrogen and oxygen atoms in total. The Morgan fingerprint density at radius 2 is 2.06 bits per heavy atom. The summed E-state index contributed by atoms with van der Waals surface area (Å²) in [6, 6.07) is 8.64. The van der Waals surface area contributed by atoms with Crippen molar-refractivity contribution in [2.24, 2.45) is 5.73 Å². The van der Waals surface area contributed by atoms with Crippen molar-refractivity contribution in [3.05, 3.63) is 35.4 Å². The summed E-state index contributed by atoms with van der Waals surface area (Å²) >= 11 is 0. The molecule has 0 saturated heterocycles. The standard InChI is InChI=1S/C10H13N.C5H10O2/c11-7-8-2-1-3-10(6-8)9-4-5-9;1-5(2,3)7-4-6/h1-3,6,9H,4-5,7,11H2;4H,1-3H3. The van der Waals surface area contributed by atoms with Crippen LogP contribution in [-0.2, 0) is 16.1 Å². The lowest BCUT2D eigenvalue weighted by atomic mass is 10.1. The normalized spacial score (nSPS) is 14.4. The highest BCUT2D eigenvalue weighted by molar-refractivity contribution is 5.37. The molecule has 1 aliphatic carbocycles. The van der Waals surface area contributed by atoms with Crippen LogP contribution >= 0.6 is 0 Å². The first kappa shape index (κ1) is 14.7. The minimum absolute atomic E-state index is 0.318. The number of ether oxygens (including phenoxy) is 1. The zero-order valence-electron chi connectivity index (χ0n) is 11.5. The maximum atomic E-state index is 9.60. The zero-order chi connectivity index (χ0) is 13.6. The SMILES string of the molecule is CC(C)(C)OC=O.NCc1cccc(C2CC2)c1. The van der Waals surface area contributed by atoms with Gasteiger partial charge in [-0.2, -0.15) is 0 Å². The summed E-state index contributed by atoms with van der Waals surface area (Å²) in [4.78, 5) is 9.60.